The first kappa shape index (κ1) is 16.6. The molecule has 0 saturated carbocycles. The van der Waals surface area contributed by atoms with Crippen molar-refractivity contribution in [1.82, 2.24) is 10.3 Å². The van der Waals surface area contributed by atoms with E-state index in [1.165, 1.54) is 0 Å². The van der Waals surface area contributed by atoms with Gasteiger partial charge in [-0.15, -0.1) is 0 Å². The van der Waals surface area contributed by atoms with Gasteiger partial charge < -0.3 is 10.6 Å². The maximum absolute atomic E-state index is 12.1. The summed E-state index contributed by atoms with van der Waals surface area (Å²) >= 11 is 12.3. The summed E-state index contributed by atoms with van der Waals surface area (Å²) in [5.41, 5.74) is 1.28. The maximum atomic E-state index is 12.1. The molecule has 1 amide bonds. The van der Waals surface area contributed by atoms with Crippen molar-refractivity contribution in [3.63, 3.8) is 0 Å². The molecule has 2 N–H and O–H groups in total. The van der Waals surface area contributed by atoms with Gasteiger partial charge in [-0.25, -0.2) is 0 Å². The van der Waals surface area contributed by atoms with E-state index < -0.39 is 0 Å². The van der Waals surface area contributed by atoms with Gasteiger partial charge in [0.2, 0.25) is 0 Å². The summed E-state index contributed by atoms with van der Waals surface area (Å²) in [6.45, 7) is 5.74. The number of halogens is 2. The molecule has 4 nitrogen and oxygen atoms in total. The highest BCUT2D eigenvalue weighted by molar-refractivity contribution is 6.39. The molecule has 0 fully saturated rings. The second kappa shape index (κ2) is 6.55. The molecule has 6 heteroatoms. The van der Waals surface area contributed by atoms with Crippen molar-refractivity contribution in [2.75, 3.05) is 5.32 Å². The molecule has 0 aliphatic heterocycles. The molecule has 0 saturated heterocycles. The number of nitrogens with one attached hydrogen (secondary N) is 2. The van der Waals surface area contributed by atoms with Gasteiger partial charge in [0, 0.05) is 17.4 Å². The van der Waals surface area contributed by atoms with Crippen LogP contribution in [0, 0.1) is 0 Å². The van der Waals surface area contributed by atoms with Crippen LogP contribution >= 0.6 is 23.2 Å². The molecule has 1 aromatic heterocycles. The number of nitrogens with zero attached hydrogens (tertiary/aromatic N) is 1. The molecule has 0 aliphatic carbocycles. The first-order chi connectivity index (χ1) is 10.3. The van der Waals surface area contributed by atoms with Gasteiger partial charge in [0.05, 0.1) is 15.7 Å². The second-order valence-corrected chi connectivity index (χ2v) is 6.67. The van der Waals surface area contributed by atoms with E-state index >= 15 is 0 Å². The van der Waals surface area contributed by atoms with Crippen LogP contribution in [0.25, 0.3) is 0 Å². The second-order valence-electron chi connectivity index (χ2n) is 5.86. The Bertz CT molecular complexity index is 676. The van der Waals surface area contributed by atoms with Crippen molar-refractivity contribution in [2.24, 2.45) is 0 Å². The monoisotopic (exact) mass is 337 g/mol. The van der Waals surface area contributed by atoms with E-state index in [0.29, 0.717) is 27.1 Å². The van der Waals surface area contributed by atoms with Gasteiger partial charge in [-0.3, -0.25) is 9.78 Å². The number of benzene rings is 1. The molecular weight excluding hydrogens is 321 g/mol. The van der Waals surface area contributed by atoms with Crippen molar-refractivity contribution in [2.45, 2.75) is 26.3 Å². The van der Waals surface area contributed by atoms with Crippen molar-refractivity contribution in [1.29, 1.82) is 0 Å². The largest absolute Gasteiger partial charge is 0.353 e. The molecule has 1 heterocycles. The molecule has 116 valence electrons. The predicted molar refractivity (Wildman–Crippen MR) is 91.2 cm³/mol. The minimum Gasteiger partial charge on any atom is -0.353 e. The fraction of sp³-hybridized carbons (Fsp3) is 0.250. The fourth-order valence-electron chi connectivity index (χ4n) is 1.80. The Labute approximate surface area is 139 Å². The molecule has 0 aliphatic rings. The quantitative estimate of drug-likeness (QED) is 0.856. The third-order valence-corrected chi connectivity index (χ3v) is 3.34. The maximum Gasteiger partial charge on any atom is 0.270 e. The minimum atomic E-state index is -0.325. The Morgan fingerprint density at radius 3 is 2.36 bits per heavy atom. The summed E-state index contributed by atoms with van der Waals surface area (Å²) in [4.78, 5) is 16.2. The number of pyridine rings is 1. The minimum absolute atomic E-state index is 0.235. The van der Waals surface area contributed by atoms with Gasteiger partial charge in [-0.2, -0.15) is 0 Å². The summed E-state index contributed by atoms with van der Waals surface area (Å²) in [6, 6.07) is 8.65. The highest BCUT2D eigenvalue weighted by Gasteiger charge is 2.16. The third-order valence-electron chi connectivity index (χ3n) is 2.71. The predicted octanol–water partition coefficient (Wildman–Crippen LogP) is 4.66. The van der Waals surface area contributed by atoms with E-state index in [0.717, 1.165) is 0 Å². The summed E-state index contributed by atoms with van der Waals surface area (Å²) < 4.78 is 0. The molecule has 0 radical (unpaired) electrons. The van der Waals surface area contributed by atoms with Crippen LogP contribution in [-0.4, -0.2) is 16.4 Å². The summed E-state index contributed by atoms with van der Waals surface area (Å²) in [6.07, 6.45) is 1.56. The van der Waals surface area contributed by atoms with Crippen molar-refractivity contribution in [3.05, 3.63) is 52.3 Å². The standard InChI is InChI=1S/C16H17Cl2N3O/c1-16(2,3)21-15(22)13-9-10(7-8-19-13)20-14-11(17)5-4-6-12(14)18/h4-9H,1-3H3,(H,19,20)(H,21,22). The van der Waals surface area contributed by atoms with E-state index in [2.05, 4.69) is 15.6 Å². The highest BCUT2D eigenvalue weighted by atomic mass is 35.5. The molecule has 2 aromatic rings. The zero-order chi connectivity index (χ0) is 16.3. The van der Waals surface area contributed by atoms with Crippen LogP contribution in [0.3, 0.4) is 0 Å². The van der Waals surface area contributed by atoms with E-state index in [-0.39, 0.29) is 11.4 Å². The van der Waals surface area contributed by atoms with E-state index in [1.807, 2.05) is 20.8 Å². The summed E-state index contributed by atoms with van der Waals surface area (Å²) in [7, 11) is 0. The third kappa shape index (κ3) is 4.36. The Morgan fingerprint density at radius 1 is 1.14 bits per heavy atom. The summed E-state index contributed by atoms with van der Waals surface area (Å²) in [5.74, 6) is -0.235. The highest BCUT2D eigenvalue weighted by Crippen LogP contribution is 2.32. The lowest BCUT2D eigenvalue weighted by Crippen LogP contribution is -2.40. The zero-order valence-electron chi connectivity index (χ0n) is 12.6. The average molecular weight is 338 g/mol. The van der Waals surface area contributed by atoms with Crippen LogP contribution in [0.15, 0.2) is 36.5 Å². The van der Waals surface area contributed by atoms with E-state index in [4.69, 9.17) is 23.2 Å². The Hall–Kier alpha value is -1.78. The van der Waals surface area contributed by atoms with Gasteiger partial charge in [-0.1, -0.05) is 29.3 Å². The molecule has 0 spiro atoms. The topological polar surface area (TPSA) is 54.0 Å². The first-order valence-electron chi connectivity index (χ1n) is 6.76. The molecule has 2 rings (SSSR count). The van der Waals surface area contributed by atoms with Gasteiger partial charge in [0.15, 0.2) is 0 Å². The number of hydrogen-bond acceptors (Lipinski definition) is 3. The van der Waals surface area contributed by atoms with Crippen LogP contribution in [-0.2, 0) is 0 Å². The number of rotatable bonds is 3. The Kier molecular flexibility index (Phi) is 4.94. The van der Waals surface area contributed by atoms with Crippen LogP contribution in [0.1, 0.15) is 31.3 Å². The molecule has 0 bridgehead atoms. The van der Waals surface area contributed by atoms with Crippen molar-refractivity contribution in [3.8, 4) is 0 Å². The lowest BCUT2D eigenvalue weighted by atomic mass is 10.1. The number of carbonyl (C=O) groups is 1. The SMILES string of the molecule is CC(C)(C)NC(=O)c1cc(Nc2c(Cl)cccc2Cl)ccn1. The Morgan fingerprint density at radius 2 is 1.77 bits per heavy atom. The van der Waals surface area contributed by atoms with Crippen molar-refractivity contribution < 1.29 is 4.79 Å². The van der Waals surface area contributed by atoms with Gasteiger partial charge >= 0.3 is 0 Å². The Balaban J connectivity index is 2.24. The van der Waals surface area contributed by atoms with Gasteiger partial charge in [-0.05, 0) is 45.0 Å². The number of anilines is 2. The number of carbonyl (C=O) groups excluding carboxylic acids is 1. The van der Waals surface area contributed by atoms with E-state index in [9.17, 15) is 4.79 Å². The van der Waals surface area contributed by atoms with Crippen LogP contribution in [0.4, 0.5) is 11.4 Å². The number of hydrogen-bond donors (Lipinski definition) is 2. The number of amides is 1. The molecule has 22 heavy (non-hydrogen) atoms. The number of aromatic nitrogens is 1. The van der Waals surface area contributed by atoms with Crippen LogP contribution in [0.5, 0.6) is 0 Å². The lowest BCUT2D eigenvalue weighted by Gasteiger charge is -2.20. The van der Waals surface area contributed by atoms with Crippen LogP contribution < -0.4 is 10.6 Å². The zero-order valence-corrected chi connectivity index (χ0v) is 14.1. The van der Waals surface area contributed by atoms with Gasteiger partial charge in [0.1, 0.15) is 5.69 Å². The molecule has 1 aromatic carbocycles. The van der Waals surface area contributed by atoms with Crippen molar-refractivity contribution >= 4 is 40.5 Å². The average Bonchev–Trinajstić information content (AvgIpc) is 2.41. The normalized spacial score (nSPS) is 11.1. The lowest BCUT2D eigenvalue weighted by molar-refractivity contribution is 0.0914. The first-order valence-corrected chi connectivity index (χ1v) is 7.51. The smallest absolute Gasteiger partial charge is 0.270 e. The fourth-order valence-corrected chi connectivity index (χ4v) is 2.29. The molecular formula is C16H17Cl2N3O. The van der Waals surface area contributed by atoms with Crippen LogP contribution in [0.2, 0.25) is 10.0 Å². The number of para-hydroxylation sites is 1. The van der Waals surface area contributed by atoms with E-state index in [1.54, 1.807) is 36.5 Å². The molecule has 0 unspecified atom stereocenters. The molecule has 0 atom stereocenters. The van der Waals surface area contributed by atoms with Gasteiger partial charge in [0.25, 0.3) is 5.91 Å². The summed E-state index contributed by atoms with van der Waals surface area (Å²) in [5, 5.41) is 6.99.